The van der Waals surface area contributed by atoms with Gasteiger partial charge in [-0.1, -0.05) is 24.3 Å². The lowest BCUT2D eigenvalue weighted by molar-refractivity contribution is 0.263. The molecule has 0 radical (unpaired) electrons. The Bertz CT molecular complexity index is 264. The zero-order valence-electron chi connectivity index (χ0n) is 11.8. The zero-order valence-corrected chi connectivity index (χ0v) is 11.8. The molecule has 0 aromatic rings. The topological polar surface area (TPSA) is 19.0 Å². The second kappa shape index (κ2) is 8.86. The number of nitrogens with zero attached hydrogens (tertiary/aromatic N) is 2. The molecule has 19 heavy (non-hydrogen) atoms. The van der Waals surface area contributed by atoms with Gasteiger partial charge >= 0.3 is 0 Å². The normalized spacial score (nSPS) is 21.4. The summed E-state index contributed by atoms with van der Waals surface area (Å²) in [5.41, 5.74) is 0. The van der Waals surface area contributed by atoms with E-state index in [0.717, 1.165) is 39.3 Å². The first-order chi connectivity index (χ1) is 9.24. The summed E-state index contributed by atoms with van der Waals surface area (Å²) in [5, 5.41) is 0. The molecule has 2 atom stereocenters. The molecule has 1 aliphatic heterocycles. The van der Waals surface area contributed by atoms with Crippen molar-refractivity contribution < 1.29 is 4.74 Å². The van der Waals surface area contributed by atoms with Crippen molar-refractivity contribution in [1.29, 1.82) is 0 Å². The van der Waals surface area contributed by atoms with E-state index in [4.69, 9.17) is 4.74 Å². The van der Waals surface area contributed by atoms with Crippen LogP contribution in [0.1, 0.15) is 0 Å². The van der Waals surface area contributed by atoms with Gasteiger partial charge in [-0.05, 0) is 0 Å². The number of hydrogen-bond donors (Lipinski definition) is 0. The third-order valence-electron chi connectivity index (χ3n) is 3.11. The van der Waals surface area contributed by atoms with Gasteiger partial charge in [0.2, 0.25) is 0 Å². The highest BCUT2D eigenvalue weighted by molar-refractivity contribution is 4.94. The highest BCUT2D eigenvalue weighted by atomic mass is 16.6. The van der Waals surface area contributed by atoms with Gasteiger partial charge in [-0.25, -0.2) is 0 Å². The van der Waals surface area contributed by atoms with Crippen LogP contribution >= 0.6 is 0 Å². The van der Waals surface area contributed by atoms with Crippen LogP contribution in [0.3, 0.4) is 0 Å². The van der Waals surface area contributed by atoms with Crippen LogP contribution in [0.15, 0.2) is 50.6 Å². The van der Waals surface area contributed by atoms with Gasteiger partial charge in [-0.15, -0.1) is 26.3 Å². The molecule has 0 amide bonds. The largest absolute Gasteiger partial charge is 0.367 e. The van der Waals surface area contributed by atoms with E-state index in [1.807, 2.05) is 24.3 Å². The fraction of sp³-hybridized carbons (Fsp3) is 0.500. The molecule has 0 saturated carbocycles. The average molecular weight is 262 g/mol. The van der Waals surface area contributed by atoms with E-state index in [1.165, 1.54) is 0 Å². The molecule has 0 unspecified atom stereocenters. The van der Waals surface area contributed by atoms with E-state index in [-0.39, 0.29) is 0 Å². The van der Waals surface area contributed by atoms with Crippen molar-refractivity contribution in [2.24, 2.45) is 0 Å². The molecule has 1 aliphatic rings. The number of ether oxygens (including phenoxy) is 1. The Hall–Kier alpha value is -1.16. The molecule has 0 aliphatic carbocycles. The van der Waals surface area contributed by atoms with Gasteiger partial charge in [0.1, 0.15) is 0 Å². The molecule has 0 spiro atoms. The van der Waals surface area contributed by atoms with E-state index in [0.29, 0.717) is 12.2 Å². The van der Waals surface area contributed by atoms with Crippen molar-refractivity contribution in [1.82, 2.24) is 9.80 Å². The van der Waals surface area contributed by atoms with E-state index in [2.05, 4.69) is 36.1 Å². The second-order valence-corrected chi connectivity index (χ2v) is 4.80. The van der Waals surface area contributed by atoms with Gasteiger partial charge in [-0.3, -0.25) is 9.80 Å². The lowest BCUT2D eigenvalue weighted by atomic mass is 10.2. The summed E-state index contributed by atoms with van der Waals surface area (Å²) in [4.78, 5) is 4.58. The van der Waals surface area contributed by atoms with Crippen molar-refractivity contribution >= 4 is 0 Å². The summed E-state index contributed by atoms with van der Waals surface area (Å²) in [5.74, 6) is 0. The van der Waals surface area contributed by atoms with Gasteiger partial charge in [0.15, 0.2) is 0 Å². The summed E-state index contributed by atoms with van der Waals surface area (Å²) in [6, 6.07) is 0. The molecule has 3 nitrogen and oxygen atoms in total. The van der Waals surface area contributed by atoms with Crippen molar-refractivity contribution in [3.05, 3.63) is 50.6 Å². The molecule has 0 aromatic heterocycles. The first kappa shape index (κ1) is 15.9. The summed E-state index contributed by atoms with van der Waals surface area (Å²) < 4.78 is 5.74. The monoisotopic (exact) mass is 262 g/mol. The Morgan fingerprint density at radius 2 is 1.00 bits per heavy atom. The molecular weight excluding hydrogens is 236 g/mol. The summed E-state index contributed by atoms with van der Waals surface area (Å²) in [7, 11) is 0. The highest BCUT2D eigenvalue weighted by Crippen LogP contribution is 2.24. The quantitative estimate of drug-likeness (QED) is 0.396. The maximum Gasteiger partial charge on any atom is 0.0981 e. The Labute approximate surface area is 117 Å². The Kier molecular flexibility index (Phi) is 7.41. The fourth-order valence-electron chi connectivity index (χ4n) is 2.19. The number of hydrogen-bond acceptors (Lipinski definition) is 3. The van der Waals surface area contributed by atoms with Crippen molar-refractivity contribution in [3.8, 4) is 0 Å². The Morgan fingerprint density at radius 1 is 0.684 bits per heavy atom. The van der Waals surface area contributed by atoms with E-state index < -0.39 is 0 Å². The van der Waals surface area contributed by atoms with Crippen LogP contribution in [-0.2, 0) is 4.74 Å². The number of epoxide rings is 1. The lowest BCUT2D eigenvalue weighted by Gasteiger charge is -2.19. The molecule has 0 bridgehead atoms. The van der Waals surface area contributed by atoms with Crippen LogP contribution < -0.4 is 0 Å². The van der Waals surface area contributed by atoms with Crippen molar-refractivity contribution in [2.75, 3.05) is 39.3 Å². The summed E-state index contributed by atoms with van der Waals surface area (Å²) in [6.45, 7) is 20.5. The maximum absolute atomic E-state index is 5.74. The summed E-state index contributed by atoms with van der Waals surface area (Å²) >= 11 is 0. The van der Waals surface area contributed by atoms with Gasteiger partial charge in [0.05, 0.1) is 12.2 Å². The maximum atomic E-state index is 5.74. The zero-order chi connectivity index (χ0) is 14.1. The predicted octanol–water partition coefficient (Wildman–Crippen LogP) is 2.10. The first-order valence-corrected chi connectivity index (χ1v) is 6.78. The minimum absolute atomic E-state index is 0.331. The smallest absolute Gasteiger partial charge is 0.0981 e. The summed E-state index contributed by atoms with van der Waals surface area (Å²) in [6.07, 6.45) is 8.34. The SMILES string of the molecule is C=CCN(CC=C)C[C@@H]1O[C@H]1CN(CC=C)CC=C. The minimum Gasteiger partial charge on any atom is -0.367 e. The van der Waals surface area contributed by atoms with E-state index in [1.54, 1.807) is 0 Å². The van der Waals surface area contributed by atoms with Crippen LogP contribution in [0, 0.1) is 0 Å². The second-order valence-electron chi connectivity index (χ2n) is 4.80. The molecule has 0 N–H and O–H groups in total. The average Bonchev–Trinajstić information content (AvgIpc) is 3.08. The van der Waals surface area contributed by atoms with Gasteiger partial charge in [0.25, 0.3) is 0 Å². The van der Waals surface area contributed by atoms with E-state index in [9.17, 15) is 0 Å². The minimum atomic E-state index is 0.331. The third kappa shape index (κ3) is 6.01. The molecular formula is C16H26N2O. The van der Waals surface area contributed by atoms with Crippen LogP contribution in [-0.4, -0.2) is 61.3 Å². The highest BCUT2D eigenvalue weighted by Gasteiger charge is 2.40. The van der Waals surface area contributed by atoms with Crippen LogP contribution in [0.25, 0.3) is 0 Å². The molecule has 1 rings (SSSR count). The fourth-order valence-corrected chi connectivity index (χ4v) is 2.19. The number of rotatable bonds is 12. The van der Waals surface area contributed by atoms with Gasteiger partial charge < -0.3 is 4.74 Å². The molecule has 106 valence electrons. The van der Waals surface area contributed by atoms with Crippen molar-refractivity contribution in [2.45, 2.75) is 12.2 Å². The molecule has 1 heterocycles. The Morgan fingerprint density at radius 3 is 1.26 bits per heavy atom. The first-order valence-electron chi connectivity index (χ1n) is 6.78. The van der Waals surface area contributed by atoms with Gasteiger partial charge in [0, 0.05) is 39.3 Å². The van der Waals surface area contributed by atoms with Gasteiger partial charge in [-0.2, -0.15) is 0 Å². The molecule has 1 fully saturated rings. The van der Waals surface area contributed by atoms with Crippen LogP contribution in [0.4, 0.5) is 0 Å². The predicted molar refractivity (Wildman–Crippen MR) is 82.3 cm³/mol. The third-order valence-corrected chi connectivity index (χ3v) is 3.11. The standard InChI is InChI=1S/C16H26N2O/c1-5-9-17(10-6-2)13-15-16(19-15)14-18(11-7-3)12-8-4/h5-8,15-16H,1-4,9-14H2/t15-,16-/m0/s1. The van der Waals surface area contributed by atoms with E-state index >= 15 is 0 Å². The Balaban J connectivity index is 2.31. The van der Waals surface area contributed by atoms with Crippen molar-refractivity contribution in [3.63, 3.8) is 0 Å². The van der Waals surface area contributed by atoms with Crippen LogP contribution in [0.2, 0.25) is 0 Å². The lowest BCUT2D eigenvalue weighted by Crippen LogP contribution is -2.32. The van der Waals surface area contributed by atoms with Crippen LogP contribution in [0.5, 0.6) is 0 Å². The molecule has 3 heteroatoms. The molecule has 0 aromatic carbocycles. The molecule has 1 saturated heterocycles.